The zero-order valence-electron chi connectivity index (χ0n) is 11.3. The number of aliphatic imine (C=N–C) groups is 1. The third-order valence-electron chi connectivity index (χ3n) is 2.96. The third kappa shape index (κ3) is 4.91. The van der Waals surface area contributed by atoms with E-state index >= 15 is 0 Å². The van der Waals surface area contributed by atoms with E-state index in [1.807, 2.05) is 0 Å². The number of nitrogens with two attached hydrogens (primary N) is 1. The highest BCUT2D eigenvalue weighted by atomic mass is 16.5. The number of likely N-dealkylation sites (tertiary alicyclic amines) is 1. The molecule has 5 nitrogen and oxygen atoms in total. The molecular weight excluding hydrogens is 216 g/mol. The quantitative estimate of drug-likeness (QED) is 0.331. The van der Waals surface area contributed by atoms with Crippen molar-refractivity contribution >= 4 is 5.96 Å². The molecule has 17 heavy (non-hydrogen) atoms. The lowest BCUT2D eigenvalue weighted by Crippen LogP contribution is -2.49. The molecule has 0 aromatic carbocycles. The first-order valence-corrected chi connectivity index (χ1v) is 6.42. The van der Waals surface area contributed by atoms with Gasteiger partial charge in [-0.1, -0.05) is 13.8 Å². The highest BCUT2D eigenvalue weighted by Crippen LogP contribution is 2.16. The molecule has 0 aromatic rings. The third-order valence-corrected chi connectivity index (χ3v) is 2.96. The van der Waals surface area contributed by atoms with Crippen molar-refractivity contribution in [1.82, 2.24) is 10.3 Å². The number of piperidine rings is 1. The van der Waals surface area contributed by atoms with E-state index in [0.717, 1.165) is 32.2 Å². The van der Waals surface area contributed by atoms with Crippen LogP contribution in [0.4, 0.5) is 0 Å². The van der Waals surface area contributed by atoms with E-state index in [-0.39, 0.29) is 0 Å². The minimum atomic E-state index is 0.554. The summed E-state index contributed by atoms with van der Waals surface area (Å²) in [6.07, 6.45) is 2.41. The van der Waals surface area contributed by atoms with Gasteiger partial charge in [0, 0.05) is 26.7 Å². The molecule has 100 valence electrons. The van der Waals surface area contributed by atoms with E-state index in [9.17, 15) is 0 Å². The molecule has 0 saturated carbocycles. The molecule has 1 aliphatic rings. The Labute approximate surface area is 104 Å². The summed E-state index contributed by atoms with van der Waals surface area (Å²) in [6, 6.07) is 0. The Morgan fingerprint density at radius 3 is 2.94 bits per heavy atom. The summed E-state index contributed by atoms with van der Waals surface area (Å²) in [7, 11) is 1.76. The molecule has 0 aliphatic carbocycles. The van der Waals surface area contributed by atoms with Crippen LogP contribution in [0, 0.1) is 11.8 Å². The van der Waals surface area contributed by atoms with Crippen molar-refractivity contribution in [2.24, 2.45) is 22.7 Å². The standard InChI is InChI=1S/C12H26N4O/c1-10(2)7-14-12(15-13)16-6-4-5-11(8-16)9-17-3/h10-11H,4-9,13H2,1-3H3,(H,14,15). The van der Waals surface area contributed by atoms with Crippen LogP contribution in [-0.4, -0.2) is 44.2 Å². The van der Waals surface area contributed by atoms with Crippen molar-refractivity contribution < 1.29 is 4.74 Å². The Morgan fingerprint density at radius 1 is 1.59 bits per heavy atom. The van der Waals surface area contributed by atoms with E-state index in [1.54, 1.807) is 7.11 Å². The highest BCUT2D eigenvalue weighted by Gasteiger charge is 2.21. The average Bonchev–Trinajstić information content (AvgIpc) is 2.30. The van der Waals surface area contributed by atoms with Gasteiger partial charge in [-0.15, -0.1) is 0 Å². The van der Waals surface area contributed by atoms with Crippen LogP contribution in [0.2, 0.25) is 0 Å². The van der Waals surface area contributed by atoms with Crippen LogP contribution in [0.25, 0.3) is 0 Å². The molecule has 0 spiro atoms. The van der Waals surface area contributed by atoms with Crippen LogP contribution in [0.1, 0.15) is 26.7 Å². The second kappa shape index (κ2) is 7.50. The summed E-state index contributed by atoms with van der Waals surface area (Å²) < 4.78 is 5.22. The number of hydrogen-bond donors (Lipinski definition) is 2. The fourth-order valence-electron chi connectivity index (χ4n) is 2.14. The van der Waals surface area contributed by atoms with Gasteiger partial charge in [-0.25, -0.2) is 5.84 Å². The molecule has 0 aromatic heterocycles. The first-order chi connectivity index (χ1) is 8.17. The Kier molecular flexibility index (Phi) is 6.29. The smallest absolute Gasteiger partial charge is 0.208 e. The van der Waals surface area contributed by atoms with E-state index < -0.39 is 0 Å². The van der Waals surface area contributed by atoms with Gasteiger partial charge in [0.25, 0.3) is 0 Å². The molecule has 1 aliphatic heterocycles. The van der Waals surface area contributed by atoms with Gasteiger partial charge in [-0.05, 0) is 24.7 Å². The summed E-state index contributed by atoms with van der Waals surface area (Å²) in [6.45, 7) is 7.95. The molecule has 1 atom stereocenters. The van der Waals surface area contributed by atoms with Gasteiger partial charge in [-0.2, -0.15) is 0 Å². The molecule has 1 unspecified atom stereocenters. The Balaban J connectivity index is 2.53. The number of hydrogen-bond acceptors (Lipinski definition) is 3. The van der Waals surface area contributed by atoms with Gasteiger partial charge in [0.2, 0.25) is 5.96 Å². The minimum absolute atomic E-state index is 0.554. The average molecular weight is 242 g/mol. The molecule has 1 fully saturated rings. The number of nitrogens with zero attached hydrogens (tertiary/aromatic N) is 2. The largest absolute Gasteiger partial charge is 0.384 e. The lowest BCUT2D eigenvalue weighted by atomic mass is 9.99. The fourth-order valence-corrected chi connectivity index (χ4v) is 2.14. The highest BCUT2D eigenvalue weighted by molar-refractivity contribution is 5.79. The molecule has 0 radical (unpaired) electrons. The lowest BCUT2D eigenvalue weighted by molar-refractivity contribution is 0.114. The van der Waals surface area contributed by atoms with Crippen molar-refractivity contribution in [1.29, 1.82) is 0 Å². The first kappa shape index (κ1) is 14.3. The molecule has 1 rings (SSSR count). The maximum atomic E-state index is 5.56. The predicted molar refractivity (Wildman–Crippen MR) is 70.6 cm³/mol. The number of rotatable bonds is 4. The Hall–Kier alpha value is -0.810. The maximum Gasteiger partial charge on any atom is 0.208 e. The molecule has 0 bridgehead atoms. The number of ether oxygens (including phenoxy) is 1. The number of hydrazine groups is 1. The minimum Gasteiger partial charge on any atom is -0.384 e. The lowest BCUT2D eigenvalue weighted by Gasteiger charge is -2.34. The number of nitrogens with one attached hydrogen (secondary N) is 1. The van der Waals surface area contributed by atoms with E-state index in [4.69, 9.17) is 10.6 Å². The van der Waals surface area contributed by atoms with Crippen molar-refractivity contribution in [3.05, 3.63) is 0 Å². The predicted octanol–water partition coefficient (Wildman–Crippen LogP) is 0.820. The van der Waals surface area contributed by atoms with Gasteiger partial charge < -0.3 is 9.64 Å². The molecule has 1 heterocycles. The summed E-state index contributed by atoms with van der Waals surface area (Å²) in [4.78, 5) is 6.76. The Bertz CT molecular complexity index is 241. The van der Waals surface area contributed by atoms with E-state index in [2.05, 4.69) is 29.2 Å². The van der Waals surface area contributed by atoms with E-state index in [0.29, 0.717) is 11.8 Å². The second-order valence-electron chi connectivity index (χ2n) is 5.11. The normalized spacial score (nSPS) is 22.1. The second-order valence-corrected chi connectivity index (χ2v) is 5.11. The van der Waals surface area contributed by atoms with Crippen LogP contribution in [0.15, 0.2) is 4.99 Å². The number of methoxy groups -OCH3 is 1. The Morgan fingerprint density at radius 2 is 2.35 bits per heavy atom. The van der Waals surface area contributed by atoms with Gasteiger partial charge in [0.15, 0.2) is 0 Å². The van der Waals surface area contributed by atoms with Crippen molar-refractivity contribution in [3.63, 3.8) is 0 Å². The van der Waals surface area contributed by atoms with Crippen LogP contribution >= 0.6 is 0 Å². The SMILES string of the molecule is COCC1CCCN(C(=NCC(C)C)NN)C1. The molecule has 1 saturated heterocycles. The number of guanidine groups is 1. The molecule has 3 N–H and O–H groups in total. The van der Waals surface area contributed by atoms with Gasteiger partial charge in [0.05, 0.1) is 6.61 Å². The van der Waals surface area contributed by atoms with Crippen molar-refractivity contribution in [2.45, 2.75) is 26.7 Å². The van der Waals surface area contributed by atoms with Gasteiger partial charge in [-0.3, -0.25) is 10.4 Å². The summed E-state index contributed by atoms with van der Waals surface area (Å²) >= 11 is 0. The van der Waals surface area contributed by atoms with Gasteiger partial charge in [0.1, 0.15) is 0 Å². The van der Waals surface area contributed by atoms with Crippen molar-refractivity contribution in [2.75, 3.05) is 33.4 Å². The monoisotopic (exact) mass is 242 g/mol. The fraction of sp³-hybridized carbons (Fsp3) is 0.917. The van der Waals surface area contributed by atoms with Crippen LogP contribution in [0.5, 0.6) is 0 Å². The topological polar surface area (TPSA) is 62.9 Å². The summed E-state index contributed by atoms with van der Waals surface area (Å²) in [5, 5.41) is 0. The summed E-state index contributed by atoms with van der Waals surface area (Å²) in [5.74, 6) is 7.52. The zero-order valence-corrected chi connectivity index (χ0v) is 11.3. The summed E-state index contributed by atoms with van der Waals surface area (Å²) in [5.41, 5.74) is 2.72. The van der Waals surface area contributed by atoms with Crippen molar-refractivity contribution in [3.8, 4) is 0 Å². The molecular formula is C12H26N4O. The van der Waals surface area contributed by atoms with Crippen LogP contribution in [-0.2, 0) is 4.74 Å². The molecule has 0 amide bonds. The van der Waals surface area contributed by atoms with Gasteiger partial charge >= 0.3 is 0 Å². The first-order valence-electron chi connectivity index (χ1n) is 6.42. The maximum absolute atomic E-state index is 5.56. The zero-order chi connectivity index (χ0) is 12.7. The van der Waals surface area contributed by atoms with Crippen LogP contribution < -0.4 is 11.3 Å². The molecule has 5 heteroatoms. The van der Waals surface area contributed by atoms with E-state index in [1.165, 1.54) is 12.8 Å². The van der Waals surface area contributed by atoms with Crippen LogP contribution in [0.3, 0.4) is 0 Å².